The molecule has 3 aromatic rings. The average molecular weight is 431 g/mol. The fourth-order valence-electron chi connectivity index (χ4n) is 2.69. The molecule has 0 radical (unpaired) electrons. The topological polar surface area (TPSA) is 90.9 Å². The Bertz CT molecular complexity index is 1090. The van der Waals surface area contributed by atoms with E-state index in [0.29, 0.717) is 22.7 Å². The Morgan fingerprint density at radius 3 is 2.55 bits per heavy atom. The Morgan fingerprint density at radius 1 is 1.07 bits per heavy atom. The summed E-state index contributed by atoms with van der Waals surface area (Å²) in [4.78, 5) is 12.3. The summed E-state index contributed by atoms with van der Waals surface area (Å²) in [6.07, 6.45) is -0.397. The summed E-state index contributed by atoms with van der Waals surface area (Å²) in [6.45, 7) is 0.327. The molecule has 7 nitrogen and oxygen atoms in total. The molecule has 0 bridgehead atoms. The van der Waals surface area contributed by atoms with Gasteiger partial charge in [-0.25, -0.2) is 13.2 Å². The number of anilines is 1. The Hall–Kier alpha value is -3.04. The number of thiophene rings is 1. The lowest BCUT2D eigenvalue weighted by atomic mass is 10.2. The van der Waals surface area contributed by atoms with Crippen LogP contribution >= 0.6 is 11.3 Å². The SMILES string of the molecule is O=C(OCC1COc2ccccc2O1)c1ccc(NS(=O)(=O)c2cccs2)cc1. The van der Waals surface area contributed by atoms with Crippen LogP contribution in [0.1, 0.15) is 10.4 Å². The molecule has 1 aromatic heterocycles. The highest BCUT2D eigenvalue weighted by molar-refractivity contribution is 7.94. The molecule has 0 saturated heterocycles. The second-order valence-corrected chi connectivity index (χ2v) is 9.07. The van der Waals surface area contributed by atoms with Crippen LogP contribution < -0.4 is 14.2 Å². The molecule has 1 atom stereocenters. The molecule has 0 aliphatic carbocycles. The predicted molar refractivity (Wildman–Crippen MR) is 108 cm³/mol. The number of carbonyl (C=O) groups excluding carboxylic acids is 1. The molecule has 150 valence electrons. The lowest BCUT2D eigenvalue weighted by molar-refractivity contribution is 0.0110. The maximum absolute atomic E-state index is 12.3. The zero-order valence-electron chi connectivity index (χ0n) is 15.1. The van der Waals surface area contributed by atoms with Crippen molar-refractivity contribution in [1.82, 2.24) is 0 Å². The van der Waals surface area contributed by atoms with Crippen LogP contribution in [-0.4, -0.2) is 33.7 Å². The summed E-state index contributed by atoms with van der Waals surface area (Å²) in [5.41, 5.74) is 0.664. The fourth-order valence-corrected chi connectivity index (χ4v) is 4.74. The van der Waals surface area contributed by atoms with Gasteiger partial charge in [-0.3, -0.25) is 4.72 Å². The number of carbonyl (C=O) groups is 1. The highest BCUT2D eigenvalue weighted by Gasteiger charge is 2.22. The summed E-state index contributed by atoms with van der Waals surface area (Å²) in [5, 5.41) is 1.69. The number of ether oxygens (including phenoxy) is 3. The summed E-state index contributed by atoms with van der Waals surface area (Å²) in [6, 6.07) is 16.5. The first-order chi connectivity index (χ1) is 14.0. The number of hydrogen-bond acceptors (Lipinski definition) is 7. The van der Waals surface area contributed by atoms with Crippen LogP contribution in [-0.2, 0) is 14.8 Å². The highest BCUT2D eigenvalue weighted by Crippen LogP contribution is 2.31. The second kappa shape index (κ2) is 8.14. The maximum atomic E-state index is 12.3. The third-order valence-corrected chi connectivity index (χ3v) is 6.88. The quantitative estimate of drug-likeness (QED) is 0.601. The molecule has 2 heterocycles. The summed E-state index contributed by atoms with van der Waals surface area (Å²) in [5.74, 6) is 0.748. The van der Waals surface area contributed by atoms with Crippen molar-refractivity contribution in [3.8, 4) is 11.5 Å². The van der Waals surface area contributed by atoms with Crippen LogP contribution in [0.2, 0.25) is 0 Å². The number of benzene rings is 2. The van der Waals surface area contributed by atoms with Gasteiger partial charge in [-0.05, 0) is 47.8 Å². The monoisotopic (exact) mass is 431 g/mol. The zero-order chi connectivity index (χ0) is 20.3. The van der Waals surface area contributed by atoms with Crippen molar-refractivity contribution < 1.29 is 27.4 Å². The number of fused-ring (bicyclic) bond motifs is 1. The van der Waals surface area contributed by atoms with Crippen molar-refractivity contribution in [2.45, 2.75) is 10.3 Å². The van der Waals surface area contributed by atoms with E-state index in [0.717, 1.165) is 11.3 Å². The van der Waals surface area contributed by atoms with Gasteiger partial charge in [0.25, 0.3) is 10.0 Å². The molecular weight excluding hydrogens is 414 g/mol. The van der Waals surface area contributed by atoms with Crippen LogP contribution in [0.15, 0.2) is 70.3 Å². The first kappa shape index (κ1) is 19.3. The standard InChI is InChI=1S/C20H17NO6S2/c22-20(26-13-16-12-25-17-4-1-2-5-18(17)27-16)14-7-9-15(10-8-14)21-29(23,24)19-6-3-11-28-19/h1-11,16,21H,12-13H2. The molecule has 1 unspecified atom stereocenters. The minimum atomic E-state index is -3.63. The molecule has 0 fully saturated rings. The number of para-hydroxylation sites is 2. The minimum absolute atomic E-state index is 0.0416. The van der Waals surface area contributed by atoms with E-state index in [4.69, 9.17) is 14.2 Å². The molecule has 4 rings (SSSR count). The molecular formula is C20H17NO6S2. The molecule has 1 N–H and O–H groups in total. The van der Waals surface area contributed by atoms with Crippen molar-refractivity contribution in [3.05, 3.63) is 71.6 Å². The zero-order valence-corrected chi connectivity index (χ0v) is 16.7. The molecule has 2 aromatic carbocycles. The molecule has 29 heavy (non-hydrogen) atoms. The van der Waals surface area contributed by atoms with Crippen LogP contribution in [0.3, 0.4) is 0 Å². The van der Waals surface area contributed by atoms with E-state index in [1.165, 1.54) is 30.3 Å². The van der Waals surface area contributed by atoms with Crippen LogP contribution in [0.25, 0.3) is 0 Å². The Balaban J connectivity index is 1.33. The van der Waals surface area contributed by atoms with Crippen LogP contribution in [0.5, 0.6) is 11.5 Å². The number of esters is 1. The third kappa shape index (κ3) is 4.52. The van der Waals surface area contributed by atoms with E-state index in [-0.39, 0.29) is 17.4 Å². The van der Waals surface area contributed by atoms with Gasteiger partial charge in [-0.15, -0.1) is 11.3 Å². The van der Waals surface area contributed by atoms with Gasteiger partial charge in [0.05, 0.1) is 5.56 Å². The number of sulfonamides is 1. The van der Waals surface area contributed by atoms with Gasteiger partial charge in [0.2, 0.25) is 0 Å². The molecule has 0 saturated carbocycles. The predicted octanol–water partition coefficient (Wildman–Crippen LogP) is 3.55. The Kier molecular flexibility index (Phi) is 5.41. The van der Waals surface area contributed by atoms with Crippen LogP contribution in [0, 0.1) is 0 Å². The molecule has 0 amide bonds. The second-order valence-electron chi connectivity index (χ2n) is 6.21. The Morgan fingerprint density at radius 2 is 1.83 bits per heavy atom. The van der Waals surface area contributed by atoms with Crippen molar-refractivity contribution >= 4 is 33.0 Å². The van der Waals surface area contributed by atoms with E-state index in [1.807, 2.05) is 18.2 Å². The fraction of sp³-hybridized carbons (Fsp3) is 0.150. The lowest BCUT2D eigenvalue weighted by Gasteiger charge is -2.26. The summed E-state index contributed by atoms with van der Waals surface area (Å²) in [7, 11) is -3.63. The van der Waals surface area contributed by atoms with Crippen molar-refractivity contribution in [2.75, 3.05) is 17.9 Å². The molecule has 1 aliphatic heterocycles. The molecule has 1 aliphatic rings. The van der Waals surface area contributed by atoms with Gasteiger partial charge >= 0.3 is 5.97 Å². The van der Waals surface area contributed by atoms with E-state index < -0.39 is 22.1 Å². The van der Waals surface area contributed by atoms with Gasteiger partial charge in [0.15, 0.2) is 17.6 Å². The maximum Gasteiger partial charge on any atom is 0.338 e. The normalized spacial score (nSPS) is 15.5. The van der Waals surface area contributed by atoms with Gasteiger partial charge in [0, 0.05) is 5.69 Å². The average Bonchev–Trinajstić information content (AvgIpc) is 3.28. The van der Waals surface area contributed by atoms with E-state index >= 15 is 0 Å². The highest BCUT2D eigenvalue weighted by atomic mass is 32.2. The van der Waals surface area contributed by atoms with E-state index in [9.17, 15) is 13.2 Å². The van der Waals surface area contributed by atoms with Crippen molar-refractivity contribution in [2.24, 2.45) is 0 Å². The smallest absolute Gasteiger partial charge is 0.338 e. The largest absolute Gasteiger partial charge is 0.486 e. The number of nitrogens with one attached hydrogen (secondary N) is 1. The van der Waals surface area contributed by atoms with E-state index in [2.05, 4.69) is 4.72 Å². The van der Waals surface area contributed by atoms with Gasteiger partial charge in [-0.1, -0.05) is 18.2 Å². The first-order valence-corrected chi connectivity index (χ1v) is 11.1. The summed E-state index contributed by atoms with van der Waals surface area (Å²) < 4.78 is 43.8. The molecule has 0 spiro atoms. The van der Waals surface area contributed by atoms with Gasteiger partial charge in [0.1, 0.15) is 17.4 Å². The van der Waals surface area contributed by atoms with E-state index in [1.54, 1.807) is 17.5 Å². The number of rotatable bonds is 6. The minimum Gasteiger partial charge on any atom is -0.486 e. The third-order valence-electron chi connectivity index (χ3n) is 4.10. The van der Waals surface area contributed by atoms with Crippen molar-refractivity contribution in [1.29, 1.82) is 0 Å². The van der Waals surface area contributed by atoms with Crippen molar-refractivity contribution in [3.63, 3.8) is 0 Å². The summed E-state index contributed by atoms with van der Waals surface area (Å²) >= 11 is 1.13. The Labute approximate surface area is 171 Å². The number of hydrogen-bond donors (Lipinski definition) is 1. The van der Waals surface area contributed by atoms with Gasteiger partial charge < -0.3 is 14.2 Å². The first-order valence-electron chi connectivity index (χ1n) is 8.73. The lowest BCUT2D eigenvalue weighted by Crippen LogP contribution is -2.34. The van der Waals surface area contributed by atoms with Crippen LogP contribution in [0.4, 0.5) is 5.69 Å². The molecule has 9 heteroatoms. The van der Waals surface area contributed by atoms with Gasteiger partial charge in [-0.2, -0.15) is 0 Å².